The molecule has 0 unspecified atom stereocenters. The number of rotatable bonds is 5. The zero-order valence-corrected chi connectivity index (χ0v) is 12.7. The fourth-order valence-electron chi connectivity index (χ4n) is 2.32. The van der Waals surface area contributed by atoms with Crippen molar-refractivity contribution < 1.29 is 5.11 Å². The van der Waals surface area contributed by atoms with E-state index in [1.165, 1.54) is 22.3 Å². The van der Waals surface area contributed by atoms with Crippen molar-refractivity contribution in [1.82, 2.24) is 4.90 Å². The van der Waals surface area contributed by atoms with Crippen molar-refractivity contribution >= 4 is 0 Å². The van der Waals surface area contributed by atoms with Crippen LogP contribution in [0.3, 0.4) is 0 Å². The normalized spacial score (nSPS) is 12.2. The van der Waals surface area contributed by atoms with Gasteiger partial charge in [0.1, 0.15) is 0 Å². The number of hydrogen-bond donors (Lipinski definition) is 1. The molecule has 0 bridgehead atoms. The van der Waals surface area contributed by atoms with Gasteiger partial charge in [-0.3, -0.25) is 0 Å². The lowest BCUT2D eigenvalue weighted by Gasteiger charge is -2.29. The van der Waals surface area contributed by atoms with Gasteiger partial charge in [0, 0.05) is 25.1 Å². The monoisotopic (exact) mass is 249 g/mol. The molecule has 0 radical (unpaired) electrons. The van der Waals surface area contributed by atoms with E-state index in [0.717, 1.165) is 13.1 Å². The van der Waals surface area contributed by atoms with Crippen molar-refractivity contribution in [3.05, 3.63) is 34.4 Å². The van der Waals surface area contributed by atoms with Crippen LogP contribution >= 0.6 is 0 Å². The van der Waals surface area contributed by atoms with Crippen LogP contribution in [0, 0.1) is 26.2 Å². The molecule has 0 heterocycles. The number of nitrogens with zero attached hydrogens (tertiary/aromatic N) is 1. The largest absolute Gasteiger partial charge is 0.396 e. The molecule has 1 N–H and O–H groups in total. The molecular weight excluding hydrogens is 222 g/mol. The predicted molar refractivity (Wildman–Crippen MR) is 77.9 cm³/mol. The molecule has 2 nitrogen and oxygen atoms in total. The van der Waals surface area contributed by atoms with Crippen molar-refractivity contribution in [2.45, 2.75) is 41.2 Å². The van der Waals surface area contributed by atoms with Gasteiger partial charge in [0.2, 0.25) is 0 Å². The van der Waals surface area contributed by atoms with E-state index in [2.05, 4.69) is 58.7 Å². The summed E-state index contributed by atoms with van der Waals surface area (Å²) in [5.41, 5.74) is 5.41. The summed E-state index contributed by atoms with van der Waals surface area (Å²) in [6, 6.07) is 4.54. The van der Waals surface area contributed by atoms with Gasteiger partial charge in [0.15, 0.2) is 0 Å². The van der Waals surface area contributed by atoms with Crippen LogP contribution in [0.15, 0.2) is 12.1 Å². The first-order valence-electron chi connectivity index (χ1n) is 6.61. The Bertz CT molecular complexity index is 410. The molecule has 0 fully saturated rings. The quantitative estimate of drug-likeness (QED) is 0.867. The van der Waals surface area contributed by atoms with Crippen molar-refractivity contribution in [3.8, 4) is 0 Å². The highest BCUT2D eigenvalue weighted by molar-refractivity contribution is 5.36. The summed E-state index contributed by atoms with van der Waals surface area (Å²) in [7, 11) is 2.12. The van der Waals surface area contributed by atoms with Crippen LogP contribution in [0.4, 0.5) is 0 Å². The number of aliphatic hydroxyl groups is 1. The maximum atomic E-state index is 9.32. The van der Waals surface area contributed by atoms with Gasteiger partial charge in [0.05, 0.1) is 0 Å². The van der Waals surface area contributed by atoms with E-state index >= 15 is 0 Å². The summed E-state index contributed by atoms with van der Waals surface area (Å²) in [5, 5.41) is 9.32. The Labute approximate surface area is 112 Å². The lowest BCUT2D eigenvalue weighted by molar-refractivity contribution is 0.112. The summed E-state index contributed by atoms with van der Waals surface area (Å²) in [4.78, 5) is 2.29. The van der Waals surface area contributed by atoms with E-state index in [1.807, 2.05) is 0 Å². The van der Waals surface area contributed by atoms with Crippen LogP contribution in [-0.4, -0.2) is 30.2 Å². The summed E-state index contributed by atoms with van der Waals surface area (Å²) >= 11 is 0. The maximum absolute atomic E-state index is 9.32. The molecule has 18 heavy (non-hydrogen) atoms. The number of aryl methyl sites for hydroxylation is 3. The SMILES string of the molecule is Cc1cc(C)c(CN(C)CC(C)(C)CO)cc1C. The summed E-state index contributed by atoms with van der Waals surface area (Å²) in [6.07, 6.45) is 0. The lowest BCUT2D eigenvalue weighted by Crippen LogP contribution is -2.33. The second kappa shape index (κ2) is 5.85. The van der Waals surface area contributed by atoms with E-state index in [0.29, 0.717) is 0 Å². The van der Waals surface area contributed by atoms with Crippen molar-refractivity contribution in [2.24, 2.45) is 5.41 Å². The minimum atomic E-state index is -0.0393. The van der Waals surface area contributed by atoms with Crippen molar-refractivity contribution in [3.63, 3.8) is 0 Å². The second-order valence-corrected chi connectivity index (χ2v) is 6.36. The van der Waals surface area contributed by atoms with E-state index < -0.39 is 0 Å². The molecule has 0 atom stereocenters. The first-order valence-corrected chi connectivity index (χ1v) is 6.61. The zero-order valence-electron chi connectivity index (χ0n) is 12.7. The van der Waals surface area contributed by atoms with Gasteiger partial charge in [-0.05, 0) is 50.1 Å². The van der Waals surface area contributed by atoms with E-state index in [-0.39, 0.29) is 12.0 Å². The molecule has 1 rings (SSSR count). The minimum absolute atomic E-state index is 0.0393. The maximum Gasteiger partial charge on any atom is 0.0494 e. The third-order valence-electron chi connectivity index (χ3n) is 3.52. The highest BCUT2D eigenvalue weighted by atomic mass is 16.3. The highest BCUT2D eigenvalue weighted by Gasteiger charge is 2.19. The van der Waals surface area contributed by atoms with Crippen LogP contribution in [0.25, 0.3) is 0 Å². The summed E-state index contributed by atoms with van der Waals surface area (Å²) in [5.74, 6) is 0. The van der Waals surface area contributed by atoms with Gasteiger partial charge in [0.25, 0.3) is 0 Å². The Morgan fingerprint density at radius 3 is 2.17 bits per heavy atom. The first kappa shape index (κ1) is 15.2. The highest BCUT2D eigenvalue weighted by Crippen LogP contribution is 2.20. The molecule has 0 saturated heterocycles. The molecule has 0 aliphatic carbocycles. The van der Waals surface area contributed by atoms with Crippen LogP contribution in [0.2, 0.25) is 0 Å². The molecule has 0 saturated carbocycles. The molecular formula is C16H27NO. The smallest absolute Gasteiger partial charge is 0.0494 e. The standard InChI is InChI=1S/C16H27NO/c1-12-7-14(3)15(8-13(12)2)9-17(6)10-16(4,5)11-18/h7-8,18H,9-11H2,1-6H3. The Morgan fingerprint density at radius 2 is 1.61 bits per heavy atom. The minimum Gasteiger partial charge on any atom is -0.396 e. The topological polar surface area (TPSA) is 23.5 Å². The van der Waals surface area contributed by atoms with Gasteiger partial charge < -0.3 is 10.0 Å². The van der Waals surface area contributed by atoms with Crippen molar-refractivity contribution in [2.75, 3.05) is 20.2 Å². The molecule has 0 aromatic heterocycles. The molecule has 0 aliphatic rings. The summed E-state index contributed by atoms with van der Waals surface area (Å²) in [6.45, 7) is 12.7. The Hall–Kier alpha value is -0.860. The number of hydrogen-bond acceptors (Lipinski definition) is 2. The Morgan fingerprint density at radius 1 is 1.06 bits per heavy atom. The van der Waals surface area contributed by atoms with E-state index in [4.69, 9.17) is 0 Å². The van der Waals surface area contributed by atoms with E-state index in [9.17, 15) is 5.11 Å². The molecule has 1 aromatic rings. The van der Waals surface area contributed by atoms with Crippen LogP contribution in [0.5, 0.6) is 0 Å². The Kier molecular flexibility index (Phi) is 4.94. The molecule has 0 spiro atoms. The third-order valence-corrected chi connectivity index (χ3v) is 3.52. The van der Waals surface area contributed by atoms with Gasteiger partial charge >= 0.3 is 0 Å². The van der Waals surface area contributed by atoms with Gasteiger partial charge in [-0.1, -0.05) is 26.0 Å². The molecule has 2 heteroatoms. The molecule has 0 amide bonds. The van der Waals surface area contributed by atoms with Crippen LogP contribution < -0.4 is 0 Å². The second-order valence-electron chi connectivity index (χ2n) is 6.36. The van der Waals surface area contributed by atoms with Crippen LogP contribution in [-0.2, 0) is 6.54 Å². The molecule has 1 aromatic carbocycles. The van der Waals surface area contributed by atoms with E-state index in [1.54, 1.807) is 0 Å². The average molecular weight is 249 g/mol. The fraction of sp³-hybridized carbons (Fsp3) is 0.625. The number of benzene rings is 1. The summed E-state index contributed by atoms with van der Waals surface area (Å²) < 4.78 is 0. The third kappa shape index (κ3) is 4.11. The fourth-order valence-corrected chi connectivity index (χ4v) is 2.32. The average Bonchev–Trinajstić information content (AvgIpc) is 2.25. The van der Waals surface area contributed by atoms with Gasteiger partial charge in [-0.15, -0.1) is 0 Å². The Balaban J connectivity index is 2.76. The van der Waals surface area contributed by atoms with Crippen molar-refractivity contribution in [1.29, 1.82) is 0 Å². The molecule has 0 aliphatic heterocycles. The lowest BCUT2D eigenvalue weighted by atomic mass is 9.93. The van der Waals surface area contributed by atoms with Gasteiger partial charge in [-0.25, -0.2) is 0 Å². The zero-order chi connectivity index (χ0) is 13.9. The van der Waals surface area contributed by atoms with Crippen LogP contribution in [0.1, 0.15) is 36.1 Å². The molecule has 102 valence electrons. The number of aliphatic hydroxyl groups excluding tert-OH is 1. The van der Waals surface area contributed by atoms with Gasteiger partial charge in [-0.2, -0.15) is 0 Å². The predicted octanol–water partition coefficient (Wildman–Crippen LogP) is 3.06. The first-order chi connectivity index (χ1) is 8.25.